The first-order valence-electron chi connectivity index (χ1n) is 11.6. The Morgan fingerprint density at radius 1 is 0.868 bits per heavy atom. The van der Waals surface area contributed by atoms with Crippen molar-refractivity contribution in [2.75, 3.05) is 4.90 Å². The van der Waals surface area contributed by atoms with Crippen LogP contribution in [0.2, 0.25) is 0 Å². The van der Waals surface area contributed by atoms with Crippen LogP contribution in [0.15, 0.2) is 95.3 Å². The summed E-state index contributed by atoms with van der Waals surface area (Å²) in [6.07, 6.45) is 7.39. The maximum atomic E-state index is 12.8. The molecule has 0 saturated carbocycles. The molecule has 10 heteroatoms. The molecule has 1 aliphatic heterocycles. The van der Waals surface area contributed by atoms with Crippen molar-refractivity contribution in [1.29, 1.82) is 0 Å². The Hall–Kier alpha value is -5.51. The van der Waals surface area contributed by atoms with Crippen LogP contribution in [0.3, 0.4) is 0 Å². The fourth-order valence-electron chi connectivity index (χ4n) is 4.13. The Kier molecular flexibility index (Phi) is 6.28. The first-order valence-corrected chi connectivity index (χ1v) is 11.6. The molecule has 2 aromatic heterocycles. The van der Waals surface area contributed by atoms with Gasteiger partial charge in [-0.1, -0.05) is 54.6 Å². The number of barbiturate groups is 1. The second-order valence-corrected chi connectivity index (χ2v) is 8.35. The van der Waals surface area contributed by atoms with E-state index in [0.717, 1.165) is 4.90 Å². The molecule has 0 unspecified atom stereocenters. The number of carbonyl (C=O) groups is 3. The number of H-pyrrole nitrogens is 1. The van der Waals surface area contributed by atoms with Crippen LogP contribution in [0.1, 0.15) is 11.1 Å². The minimum absolute atomic E-state index is 0.103. The van der Waals surface area contributed by atoms with Crippen LogP contribution in [-0.4, -0.2) is 37.7 Å². The molecule has 3 heterocycles. The van der Waals surface area contributed by atoms with Gasteiger partial charge in [0.05, 0.1) is 16.8 Å². The first-order chi connectivity index (χ1) is 18.4. The Morgan fingerprint density at radius 3 is 2.21 bits per heavy atom. The minimum Gasteiger partial charge on any atom is -0.493 e. The van der Waals surface area contributed by atoms with Crippen LogP contribution in [0.5, 0.6) is 5.88 Å². The topological polar surface area (TPSA) is 137 Å². The van der Waals surface area contributed by atoms with E-state index in [-0.39, 0.29) is 17.1 Å². The van der Waals surface area contributed by atoms with Crippen LogP contribution in [0.4, 0.5) is 10.5 Å². The fourth-order valence-corrected chi connectivity index (χ4v) is 4.13. The lowest BCUT2D eigenvalue weighted by atomic mass is 10.1. The summed E-state index contributed by atoms with van der Waals surface area (Å²) in [5, 5.41) is 17.7. The van der Waals surface area contributed by atoms with Gasteiger partial charge in [-0.05, 0) is 48.9 Å². The van der Waals surface area contributed by atoms with E-state index in [0.29, 0.717) is 27.9 Å². The van der Waals surface area contributed by atoms with Crippen molar-refractivity contribution in [2.24, 2.45) is 0 Å². The number of benzene rings is 2. The average molecular weight is 508 g/mol. The first kappa shape index (κ1) is 24.2. The van der Waals surface area contributed by atoms with E-state index in [4.69, 9.17) is 0 Å². The molecule has 3 N–H and O–H groups in total. The highest BCUT2D eigenvalue weighted by Gasteiger charge is 2.36. The molecule has 2 aromatic carbocycles. The Balaban J connectivity index is 1.41. The second kappa shape index (κ2) is 9.86. The van der Waals surface area contributed by atoms with Crippen LogP contribution in [0, 0.1) is 6.92 Å². The van der Waals surface area contributed by atoms with Crippen LogP contribution >= 0.6 is 0 Å². The average Bonchev–Trinajstić information content (AvgIpc) is 3.24. The third-order valence-corrected chi connectivity index (χ3v) is 5.98. The number of aromatic nitrogens is 3. The van der Waals surface area contributed by atoms with Crippen molar-refractivity contribution in [3.8, 4) is 11.6 Å². The summed E-state index contributed by atoms with van der Waals surface area (Å²) < 4.78 is 1.35. The highest BCUT2D eigenvalue weighted by molar-refractivity contribution is 6.37. The zero-order valence-electron chi connectivity index (χ0n) is 20.1. The molecule has 0 atom stereocenters. The van der Waals surface area contributed by atoms with Gasteiger partial charge in [0.25, 0.3) is 17.4 Å². The molecular weight excluding hydrogens is 486 g/mol. The van der Waals surface area contributed by atoms with Gasteiger partial charge in [0, 0.05) is 5.56 Å². The van der Waals surface area contributed by atoms with Crippen molar-refractivity contribution < 1.29 is 19.5 Å². The molecule has 1 fully saturated rings. The van der Waals surface area contributed by atoms with Crippen LogP contribution < -0.4 is 15.8 Å². The zero-order valence-corrected chi connectivity index (χ0v) is 20.1. The number of nitrogens with zero attached hydrogens (tertiary/aromatic N) is 3. The van der Waals surface area contributed by atoms with E-state index in [2.05, 4.69) is 15.4 Å². The van der Waals surface area contributed by atoms with E-state index in [1.807, 2.05) is 18.2 Å². The number of allylic oxidation sites excluding steroid dienone is 4. The smallest absolute Gasteiger partial charge is 0.335 e. The number of fused-ring (bicyclic) bond motifs is 1. The normalized spacial score (nSPS) is 15.3. The monoisotopic (exact) mass is 507 g/mol. The standard InChI is InChI=1S/C28H21N5O5/c1-17-20(24(34)29-23-22(17)27(37)33(31-23)19-13-7-3-8-14-19)15-9-4-10-16-21-25(35)30-28(38)32(26(21)36)18-11-5-2-6-12-18/h2-16,37H,1H3,(H,29,31,34)(H,30,35,38). The number of aryl methyl sites for hydroxylation is 1. The lowest BCUT2D eigenvalue weighted by molar-refractivity contribution is -0.122. The summed E-state index contributed by atoms with van der Waals surface area (Å²) in [5.74, 6) is -1.65. The molecule has 0 radical (unpaired) electrons. The van der Waals surface area contributed by atoms with Crippen molar-refractivity contribution in [1.82, 2.24) is 20.1 Å². The summed E-state index contributed by atoms with van der Waals surface area (Å²) in [5.41, 5.74) is 1.46. The lowest BCUT2D eigenvalue weighted by Gasteiger charge is -2.26. The van der Waals surface area contributed by atoms with E-state index < -0.39 is 23.4 Å². The maximum absolute atomic E-state index is 12.8. The summed E-state index contributed by atoms with van der Waals surface area (Å²) in [4.78, 5) is 53.6. The molecule has 4 aromatic rings. The van der Waals surface area contributed by atoms with Gasteiger partial charge in [-0.25, -0.2) is 9.69 Å². The van der Waals surface area contributed by atoms with Crippen molar-refractivity contribution in [2.45, 2.75) is 6.92 Å². The predicted octanol–water partition coefficient (Wildman–Crippen LogP) is 3.51. The molecule has 188 valence electrons. The number of anilines is 1. The molecule has 38 heavy (non-hydrogen) atoms. The highest BCUT2D eigenvalue weighted by Crippen LogP contribution is 2.29. The molecule has 1 aliphatic rings. The van der Waals surface area contributed by atoms with Gasteiger partial charge >= 0.3 is 6.03 Å². The Morgan fingerprint density at radius 2 is 1.53 bits per heavy atom. The number of para-hydroxylation sites is 2. The van der Waals surface area contributed by atoms with Gasteiger partial charge < -0.3 is 10.1 Å². The lowest BCUT2D eigenvalue weighted by Crippen LogP contribution is -2.54. The summed E-state index contributed by atoms with van der Waals surface area (Å²) >= 11 is 0. The van der Waals surface area contributed by atoms with Gasteiger partial charge in [0.1, 0.15) is 5.57 Å². The van der Waals surface area contributed by atoms with Crippen LogP contribution in [-0.2, 0) is 9.59 Å². The van der Waals surface area contributed by atoms with Gasteiger partial charge in [0.15, 0.2) is 5.65 Å². The second-order valence-electron chi connectivity index (χ2n) is 8.35. The van der Waals surface area contributed by atoms with Crippen molar-refractivity contribution in [3.63, 3.8) is 0 Å². The van der Waals surface area contributed by atoms with Crippen molar-refractivity contribution >= 4 is 40.6 Å². The number of hydrogen-bond donors (Lipinski definition) is 3. The summed E-state index contributed by atoms with van der Waals surface area (Å²) in [7, 11) is 0. The number of pyridine rings is 1. The van der Waals surface area contributed by atoms with Gasteiger partial charge in [-0.2, -0.15) is 4.68 Å². The molecule has 1 saturated heterocycles. The van der Waals surface area contributed by atoms with Gasteiger partial charge in [-0.3, -0.25) is 19.7 Å². The molecule has 5 rings (SSSR count). The predicted molar refractivity (Wildman–Crippen MR) is 142 cm³/mol. The molecule has 0 bridgehead atoms. The van der Waals surface area contributed by atoms with Crippen molar-refractivity contribution in [3.05, 3.63) is 112 Å². The van der Waals surface area contributed by atoms with Gasteiger partial charge in [0.2, 0.25) is 5.88 Å². The summed E-state index contributed by atoms with van der Waals surface area (Å²) in [6, 6.07) is 16.5. The number of nitrogens with one attached hydrogen (secondary N) is 2. The number of hydrogen-bond acceptors (Lipinski definition) is 6. The number of imide groups is 2. The van der Waals surface area contributed by atoms with E-state index >= 15 is 0 Å². The fraction of sp³-hybridized carbons (Fsp3) is 0.0357. The summed E-state index contributed by atoms with van der Waals surface area (Å²) in [6.45, 7) is 1.71. The molecule has 0 aliphatic carbocycles. The van der Waals surface area contributed by atoms with Crippen LogP contribution in [0.25, 0.3) is 22.8 Å². The zero-order chi connectivity index (χ0) is 26.8. The molecule has 0 spiro atoms. The van der Waals surface area contributed by atoms with E-state index in [1.165, 1.54) is 22.9 Å². The number of rotatable bonds is 5. The minimum atomic E-state index is -0.823. The Labute approximate surface area is 215 Å². The maximum Gasteiger partial charge on any atom is 0.335 e. The number of carbonyl (C=O) groups excluding carboxylic acids is 3. The number of amides is 4. The number of aromatic amines is 1. The Bertz CT molecular complexity index is 1730. The van der Waals surface area contributed by atoms with E-state index in [1.54, 1.807) is 61.5 Å². The number of urea groups is 1. The third-order valence-electron chi connectivity index (χ3n) is 5.98. The quantitative estimate of drug-likeness (QED) is 0.215. The largest absolute Gasteiger partial charge is 0.493 e. The molecular formula is C28H21N5O5. The highest BCUT2D eigenvalue weighted by atomic mass is 16.3. The molecule has 10 nitrogen and oxygen atoms in total. The van der Waals surface area contributed by atoms with Gasteiger partial charge in [-0.15, -0.1) is 5.10 Å². The SMILES string of the molecule is Cc1c(C=CC=CC=C2C(=O)NC(=O)N(c3ccccc3)C2=O)c(=O)[nH]c2nn(-c3ccccc3)c(O)c12. The van der Waals surface area contributed by atoms with E-state index in [9.17, 15) is 24.3 Å². The molecule has 4 amide bonds. The third kappa shape index (κ3) is 4.30. The number of aromatic hydroxyl groups is 1.